The van der Waals surface area contributed by atoms with Crippen LogP contribution in [0.25, 0.3) is 0 Å². The number of amides is 1. The summed E-state index contributed by atoms with van der Waals surface area (Å²) >= 11 is 0. The van der Waals surface area contributed by atoms with E-state index in [-0.39, 0.29) is 12.5 Å². The number of hydrogen-bond acceptors (Lipinski definition) is 3. The fraction of sp³-hybridized carbons (Fsp3) is 0.868. The van der Waals surface area contributed by atoms with E-state index in [1.807, 2.05) is 0 Å². The van der Waals surface area contributed by atoms with Crippen LogP contribution in [0.2, 0.25) is 0 Å². The van der Waals surface area contributed by atoms with Crippen molar-refractivity contribution < 1.29 is 15.0 Å². The van der Waals surface area contributed by atoms with Crippen molar-refractivity contribution in [1.82, 2.24) is 5.32 Å². The van der Waals surface area contributed by atoms with Crippen molar-refractivity contribution in [3.8, 4) is 0 Å². The molecule has 248 valence electrons. The van der Waals surface area contributed by atoms with E-state index < -0.39 is 12.1 Å². The van der Waals surface area contributed by atoms with Crippen LogP contribution in [0.5, 0.6) is 0 Å². The Hall–Kier alpha value is -1.13. The number of allylic oxidation sites excluding steroid dienone is 4. The smallest absolute Gasteiger partial charge is 0.220 e. The third-order valence-electron chi connectivity index (χ3n) is 8.47. The van der Waals surface area contributed by atoms with E-state index in [2.05, 4.69) is 43.5 Å². The average Bonchev–Trinajstić information content (AvgIpc) is 2.99. The Labute approximate surface area is 262 Å². The van der Waals surface area contributed by atoms with Crippen molar-refractivity contribution in [3.05, 3.63) is 24.3 Å². The van der Waals surface area contributed by atoms with Crippen molar-refractivity contribution in [2.24, 2.45) is 0 Å². The molecule has 0 spiro atoms. The quantitative estimate of drug-likeness (QED) is 0.0525. The van der Waals surface area contributed by atoms with Crippen LogP contribution in [-0.2, 0) is 4.79 Å². The molecule has 3 N–H and O–H groups in total. The maximum absolute atomic E-state index is 12.2. The molecule has 0 aliphatic rings. The van der Waals surface area contributed by atoms with Gasteiger partial charge in [0.15, 0.2) is 0 Å². The van der Waals surface area contributed by atoms with E-state index >= 15 is 0 Å². The van der Waals surface area contributed by atoms with Gasteiger partial charge < -0.3 is 15.5 Å². The summed E-state index contributed by atoms with van der Waals surface area (Å²) in [5.41, 5.74) is 0. The standard InChI is InChI=1S/C38H73NO3/c1-3-5-7-9-10-11-12-13-14-15-16-17-18-19-20-21-22-23-24-25-26-27-28-30-32-34-38(42)39-36(35-40)37(41)33-31-29-8-6-4-2/h12-13,15-16,36-37,40-41H,3-11,14,17-35H2,1-2H3,(H,39,42)/b13-12-,16-15-. The van der Waals surface area contributed by atoms with Crippen LogP contribution in [0.3, 0.4) is 0 Å². The molecule has 0 saturated heterocycles. The van der Waals surface area contributed by atoms with Gasteiger partial charge in [0.25, 0.3) is 0 Å². The predicted molar refractivity (Wildman–Crippen MR) is 184 cm³/mol. The number of nitrogens with one attached hydrogen (secondary N) is 1. The van der Waals surface area contributed by atoms with Crippen LogP contribution in [0, 0.1) is 0 Å². The van der Waals surface area contributed by atoms with E-state index in [1.165, 1.54) is 135 Å². The molecule has 0 radical (unpaired) electrons. The largest absolute Gasteiger partial charge is 0.394 e. The molecule has 2 unspecified atom stereocenters. The lowest BCUT2D eigenvalue weighted by Crippen LogP contribution is -2.45. The third-order valence-corrected chi connectivity index (χ3v) is 8.47. The Bertz CT molecular complexity index is 603. The first-order chi connectivity index (χ1) is 20.7. The molecule has 0 saturated carbocycles. The lowest BCUT2D eigenvalue weighted by Gasteiger charge is -2.22. The number of rotatable bonds is 33. The van der Waals surface area contributed by atoms with Crippen LogP contribution in [0.15, 0.2) is 24.3 Å². The van der Waals surface area contributed by atoms with Gasteiger partial charge in [-0.25, -0.2) is 0 Å². The molecule has 0 heterocycles. The van der Waals surface area contributed by atoms with Crippen LogP contribution >= 0.6 is 0 Å². The highest BCUT2D eigenvalue weighted by Crippen LogP contribution is 2.14. The lowest BCUT2D eigenvalue weighted by atomic mass is 10.0. The monoisotopic (exact) mass is 592 g/mol. The molecule has 4 nitrogen and oxygen atoms in total. The Morgan fingerprint density at radius 1 is 0.571 bits per heavy atom. The highest BCUT2D eigenvalue weighted by molar-refractivity contribution is 5.76. The number of aliphatic hydroxyl groups excluding tert-OH is 2. The molecule has 0 aliphatic carbocycles. The third kappa shape index (κ3) is 30.3. The summed E-state index contributed by atoms with van der Waals surface area (Å²) in [5.74, 6) is -0.0398. The fourth-order valence-corrected chi connectivity index (χ4v) is 5.57. The van der Waals surface area contributed by atoms with Crippen molar-refractivity contribution in [2.45, 2.75) is 206 Å². The van der Waals surface area contributed by atoms with Gasteiger partial charge in [-0.15, -0.1) is 0 Å². The summed E-state index contributed by atoms with van der Waals surface area (Å²) in [4.78, 5) is 12.2. The molecule has 2 atom stereocenters. The second-order valence-corrected chi connectivity index (χ2v) is 12.6. The Balaban J connectivity index is 3.42. The molecule has 0 aromatic carbocycles. The van der Waals surface area contributed by atoms with Crippen molar-refractivity contribution in [2.75, 3.05) is 6.61 Å². The molecular formula is C38H73NO3. The van der Waals surface area contributed by atoms with E-state index in [4.69, 9.17) is 0 Å². The van der Waals surface area contributed by atoms with Gasteiger partial charge in [-0.1, -0.05) is 167 Å². The highest BCUT2D eigenvalue weighted by atomic mass is 16.3. The van der Waals surface area contributed by atoms with E-state index in [1.54, 1.807) is 0 Å². The molecule has 0 rings (SSSR count). The molecule has 0 bridgehead atoms. The highest BCUT2D eigenvalue weighted by Gasteiger charge is 2.19. The molecule has 0 aromatic rings. The fourth-order valence-electron chi connectivity index (χ4n) is 5.57. The van der Waals surface area contributed by atoms with Gasteiger partial charge in [0.2, 0.25) is 5.91 Å². The van der Waals surface area contributed by atoms with Gasteiger partial charge in [-0.05, 0) is 44.9 Å². The average molecular weight is 592 g/mol. The Morgan fingerprint density at radius 2 is 0.976 bits per heavy atom. The first kappa shape index (κ1) is 40.9. The van der Waals surface area contributed by atoms with Gasteiger partial charge in [-0.3, -0.25) is 4.79 Å². The first-order valence-corrected chi connectivity index (χ1v) is 18.5. The maximum atomic E-state index is 12.2. The summed E-state index contributed by atoms with van der Waals surface area (Å²) < 4.78 is 0. The molecule has 1 amide bonds. The molecule has 4 heteroatoms. The minimum atomic E-state index is -0.653. The van der Waals surface area contributed by atoms with Crippen molar-refractivity contribution in [3.63, 3.8) is 0 Å². The van der Waals surface area contributed by atoms with E-state index in [9.17, 15) is 15.0 Å². The Morgan fingerprint density at radius 3 is 1.43 bits per heavy atom. The number of aliphatic hydroxyl groups is 2. The maximum Gasteiger partial charge on any atom is 0.220 e. The van der Waals surface area contributed by atoms with Gasteiger partial charge in [0.1, 0.15) is 0 Å². The predicted octanol–water partition coefficient (Wildman–Crippen LogP) is 10.9. The molecule has 0 aromatic heterocycles. The van der Waals surface area contributed by atoms with Gasteiger partial charge >= 0.3 is 0 Å². The summed E-state index contributed by atoms with van der Waals surface area (Å²) in [6.45, 7) is 4.26. The normalized spacial score (nSPS) is 13.3. The molecule has 0 fully saturated rings. The topological polar surface area (TPSA) is 69.6 Å². The van der Waals surface area contributed by atoms with Gasteiger partial charge in [0.05, 0.1) is 18.8 Å². The minimum absolute atomic E-state index is 0.0398. The summed E-state index contributed by atoms with van der Waals surface area (Å²) in [5, 5.41) is 22.7. The number of unbranched alkanes of at least 4 members (excludes halogenated alkanes) is 22. The van der Waals surface area contributed by atoms with Crippen molar-refractivity contribution in [1.29, 1.82) is 0 Å². The number of carbonyl (C=O) groups excluding carboxylic acids is 1. The summed E-state index contributed by atoms with van der Waals surface area (Å²) in [6.07, 6.45) is 42.7. The van der Waals surface area contributed by atoms with Crippen LogP contribution in [-0.4, -0.2) is 34.9 Å². The van der Waals surface area contributed by atoms with Crippen molar-refractivity contribution >= 4 is 5.91 Å². The van der Waals surface area contributed by atoms with Crippen LogP contribution in [0.4, 0.5) is 0 Å². The second-order valence-electron chi connectivity index (χ2n) is 12.6. The number of carbonyl (C=O) groups is 1. The SMILES string of the molecule is CCCCCCC/C=C\C/C=C\CCCCCCCCCCCCCCCC(=O)NC(CO)C(O)CCCCCCC. The zero-order valence-corrected chi connectivity index (χ0v) is 28.3. The van der Waals surface area contributed by atoms with Gasteiger partial charge in [-0.2, -0.15) is 0 Å². The second kappa shape index (κ2) is 34.4. The summed E-state index contributed by atoms with van der Waals surface area (Å²) in [7, 11) is 0. The molecule has 0 aliphatic heterocycles. The van der Waals surface area contributed by atoms with Crippen LogP contribution in [0.1, 0.15) is 194 Å². The molecule has 42 heavy (non-hydrogen) atoms. The van der Waals surface area contributed by atoms with Gasteiger partial charge in [0, 0.05) is 6.42 Å². The zero-order chi connectivity index (χ0) is 30.8. The van der Waals surface area contributed by atoms with E-state index in [0.717, 1.165) is 32.1 Å². The zero-order valence-electron chi connectivity index (χ0n) is 28.3. The lowest BCUT2D eigenvalue weighted by molar-refractivity contribution is -0.123. The minimum Gasteiger partial charge on any atom is -0.394 e. The van der Waals surface area contributed by atoms with Crippen LogP contribution < -0.4 is 5.32 Å². The van der Waals surface area contributed by atoms with E-state index in [0.29, 0.717) is 12.8 Å². The number of hydrogen-bond donors (Lipinski definition) is 3. The Kier molecular flexibility index (Phi) is 33.4. The first-order valence-electron chi connectivity index (χ1n) is 18.5. The molecular weight excluding hydrogens is 518 g/mol. The summed E-state index contributed by atoms with van der Waals surface area (Å²) in [6, 6.07) is -0.530.